The third kappa shape index (κ3) is 10.9. The van der Waals surface area contributed by atoms with Gasteiger partial charge in [-0.05, 0) is 73.2 Å². The second-order valence-corrected chi connectivity index (χ2v) is 13.2. The Kier molecular flexibility index (Phi) is 16.7. The first kappa shape index (κ1) is 35.0. The highest BCUT2D eigenvalue weighted by Crippen LogP contribution is 2.54. The molecule has 0 spiro atoms. The minimum absolute atomic E-state index is 0.0852. The SMILES string of the molecule is CC#Cc1ccc2c(c1)C(CCCCCCCCCCCC)(CCCCCCCCCCCC)c1cc(C#CC)ccc1-2. The molecule has 0 heterocycles. The molecule has 0 bridgehead atoms. The summed E-state index contributed by atoms with van der Waals surface area (Å²) < 4.78 is 0. The summed E-state index contributed by atoms with van der Waals surface area (Å²) >= 11 is 0. The molecule has 234 valence electrons. The predicted octanol–water partition coefficient (Wildman–Crippen LogP) is 13.3. The van der Waals surface area contributed by atoms with Crippen LogP contribution in [-0.4, -0.2) is 0 Å². The summed E-state index contributed by atoms with van der Waals surface area (Å²) in [4.78, 5) is 0. The highest BCUT2D eigenvalue weighted by molar-refractivity contribution is 5.82. The van der Waals surface area contributed by atoms with Crippen LogP contribution in [0.15, 0.2) is 36.4 Å². The topological polar surface area (TPSA) is 0 Å². The third-order valence-electron chi connectivity index (χ3n) is 9.81. The normalized spacial score (nSPS) is 12.7. The molecule has 0 atom stereocenters. The van der Waals surface area contributed by atoms with E-state index >= 15 is 0 Å². The van der Waals surface area contributed by atoms with Crippen molar-refractivity contribution < 1.29 is 0 Å². The van der Waals surface area contributed by atoms with Crippen molar-refractivity contribution in [3.05, 3.63) is 58.7 Å². The molecular weight excluding hydrogens is 516 g/mol. The van der Waals surface area contributed by atoms with Crippen LogP contribution in [-0.2, 0) is 5.41 Å². The van der Waals surface area contributed by atoms with E-state index in [0.29, 0.717) is 0 Å². The lowest BCUT2D eigenvalue weighted by molar-refractivity contribution is 0.396. The maximum Gasteiger partial charge on any atom is 0.0248 e. The van der Waals surface area contributed by atoms with E-state index in [4.69, 9.17) is 0 Å². The molecule has 0 aliphatic heterocycles. The molecule has 0 aromatic heterocycles. The zero-order valence-corrected chi connectivity index (χ0v) is 28.5. The van der Waals surface area contributed by atoms with Gasteiger partial charge in [-0.25, -0.2) is 0 Å². The Morgan fingerprint density at radius 3 is 1.09 bits per heavy atom. The standard InChI is InChI=1S/C43H62/c1-5-9-11-13-15-17-19-21-23-25-33-43(34-26-24-22-20-18-16-14-12-10-6-2)41-35-37(27-7-3)29-31-39(41)40-32-30-38(28-8-4)36-42(40)43/h29-32,35-36H,5-6,9-26,33-34H2,1-4H3. The molecule has 0 fully saturated rings. The van der Waals surface area contributed by atoms with Crippen LogP contribution in [0.4, 0.5) is 0 Å². The van der Waals surface area contributed by atoms with Gasteiger partial charge >= 0.3 is 0 Å². The Bertz CT molecular complexity index is 1090. The van der Waals surface area contributed by atoms with Crippen LogP contribution in [0.2, 0.25) is 0 Å². The fourth-order valence-electron chi connectivity index (χ4n) is 7.43. The van der Waals surface area contributed by atoms with Gasteiger partial charge in [-0.1, -0.05) is 166 Å². The van der Waals surface area contributed by atoms with Gasteiger partial charge in [0.15, 0.2) is 0 Å². The predicted molar refractivity (Wildman–Crippen MR) is 191 cm³/mol. The van der Waals surface area contributed by atoms with E-state index < -0.39 is 0 Å². The minimum Gasteiger partial charge on any atom is -0.101 e. The van der Waals surface area contributed by atoms with Crippen molar-refractivity contribution in [2.45, 2.75) is 174 Å². The molecule has 2 aromatic rings. The average molecular weight is 579 g/mol. The van der Waals surface area contributed by atoms with E-state index in [1.54, 1.807) is 0 Å². The number of rotatable bonds is 22. The number of benzene rings is 2. The van der Waals surface area contributed by atoms with E-state index in [1.807, 2.05) is 13.8 Å². The van der Waals surface area contributed by atoms with Gasteiger partial charge in [0.1, 0.15) is 0 Å². The molecule has 1 aliphatic carbocycles. The molecule has 0 heteroatoms. The smallest absolute Gasteiger partial charge is 0.0248 e. The number of fused-ring (bicyclic) bond motifs is 3. The van der Waals surface area contributed by atoms with Gasteiger partial charge in [-0.15, -0.1) is 11.8 Å². The van der Waals surface area contributed by atoms with E-state index in [9.17, 15) is 0 Å². The van der Waals surface area contributed by atoms with Crippen LogP contribution < -0.4 is 0 Å². The Hall–Kier alpha value is -2.44. The molecule has 0 unspecified atom stereocenters. The van der Waals surface area contributed by atoms with Crippen molar-refractivity contribution in [1.29, 1.82) is 0 Å². The van der Waals surface area contributed by atoms with Crippen molar-refractivity contribution in [1.82, 2.24) is 0 Å². The van der Waals surface area contributed by atoms with Crippen molar-refractivity contribution >= 4 is 0 Å². The Balaban J connectivity index is 1.73. The average Bonchev–Trinajstić information content (AvgIpc) is 3.28. The summed E-state index contributed by atoms with van der Waals surface area (Å²) in [5.41, 5.74) is 8.37. The second kappa shape index (κ2) is 20.5. The summed E-state index contributed by atoms with van der Waals surface area (Å²) in [6, 6.07) is 14.1. The molecule has 3 rings (SSSR count). The van der Waals surface area contributed by atoms with Crippen LogP contribution in [0.3, 0.4) is 0 Å². The zero-order valence-electron chi connectivity index (χ0n) is 28.5. The summed E-state index contributed by atoms with van der Waals surface area (Å²) in [5.74, 6) is 13.1. The van der Waals surface area contributed by atoms with Crippen molar-refractivity contribution in [2.24, 2.45) is 0 Å². The third-order valence-corrected chi connectivity index (χ3v) is 9.81. The molecule has 0 radical (unpaired) electrons. The van der Waals surface area contributed by atoms with Gasteiger partial charge in [0.25, 0.3) is 0 Å². The first-order valence-electron chi connectivity index (χ1n) is 18.3. The molecule has 0 N–H and O–H groups in total. The number of hydrogen-bond acceptors (Lipinski definition) is 0. The van der Waals surface area contributed by atoms with Crippen molar-refractivity contribution in [3.63, 3.8) is 0 Å². The highest BCUT2D eigenvalue weighted by atomic mass is 14.4. The van der Waals surface area contributed by atoms with Crippen molar-refractivity contribution in [3.8, 4) is 34.8 Å². The van der Waals surface area contributed by atoms with E-state index in [-0.39, 0.29) is 5.41 Å². The molecule has 0 amide bonds. The molecule has 0 saturated carbocycles. The molecule has 1 aliphatic rings. The minimum atomic E-state index is 0.0852. The fraction of sp³-hybridized carbons (Fsp3) is 0.628. The molecule has 0 saturated heterocycles. The number of hydrogen-bond donors (Lipinski definition) is 0. The first-order valence-corrected chi connectivity index (χ1v) is 18.3. The maximum absolute atomic E-state index is 3.38. The Labute approximate surface area is 267 Å². The van der Waals surface area contributed by atoms with Crippen LogP contribution in [0, 0.1) is 23.7 Å². The lowest BCUT2D eigenvalue weighted by Crippen LogP contribution is -2.26. The molecule has 0 nitrogen and oxygen atoms in total. The lowest BCUT2D eigenvalue weighted by atomic mass is 9.70. The van der Waals surface area contributed by atoms with Gasteiger partial charge in [0.2, 0.25) is 0 Å². The van der Waals surface area contributed by atoms with E-state index in [0.717, 1.165) is 11.1 Å². The van der Waals surface area contributed by atoms with Crippen LogP contribution in [0.5, 0.6) is 0 Å². The zero-order chi connectivity index (χ0) is 30.6. The van der Waals surface area contributed by atoms with E-state index in [1.165, 1.54) is 164 Å². The maximum atomic E-state index is 3.38. The monoisotopic (exact) mass is 578 g/mol. The summed E-state index contributed by atoms with van der Waals surface area (Å²) in [6.07, 6.45) is 30.2. The van der Waals surface area contributed by atoms with Gasteiger partial charge < -0.3 is 0 Å². The molecular formula is C43H62. The van der Waals surface area contributed by atoms with Gasteiger partial charge in [0.05, 0.1) is 0 Å². The highest BCUT2D eigenvalue weighted by Gasteiger charge is 2.42. The Morgan fingerprint density at radius 1 is 0.442 bits per heavy atom. The lowest BCUT2D eigenvalue weighted by Gasteiger charge is -2.33. The van der Waals surface area contributed by atoms with Crippen LogP contribution >= 0.6 is 0 Å². The number of unbranched alkanes of at least 4 members (excludes halogenated alkanes) is 18. The molecule has 43 heavy (non-hydrogen) atoms. The van der Waals surface area contributed by atoms with Gasteiger partial charge in [-0.3, -0.25) is 0 Å². The van der Waals surface area contributed by atoms with Gasteiger partial charge in [0, 0.05) is 16.5 Å². The summed E-state index contributed by atoms with van der Waals surface area (Å²) in [5, 5.41) is 0. The Morgan fingerprint density at radius 2 is 0.767 bits per heavy atom. The van der Waals surface area contributed by atoms with Crippen molar-refractivity contribution in [2.75, 3.05) is 0 Å². The van der Waals surface area contributed by atoms with Crippen LogP contribution in [0.1, 0.15) is 191 Å². The van der Waals surface area contributed by atoms with Gasteiger partial charge in [-0.2, -0.15) is 0 Å². The summed E-state index contributed by atoms with van der Waals surface area (Å²) in [6.45, 7) is 8.53. The summed E-state index contributed by atoms with van der Waals surface area (Å²) in [7, 11) is 0. The largest absolute Gasteiger partial charge is 0.101 e. The quantitative estimate of drug-likeness (QED) is 0.0962. The second-order valence-electron chi connectivity index (χ2n) is 13.2. The fourth-order valence-corrected chi connectivity index (χ4v) is 7.43. The van der Waals surface area contributed by atoms with E-state index in [2.05, 4.69) is 73.9 Å². The molecule has 2 aromatic carbocycles. The van der Waals surface area contributed by atoms with Crippen LogP contribution in [0.25, 0.3) is 11.1 Å². The first-order chi connectivity index (χ1) is 21.2.